The topological polar surface area (TPSA) is 106 Å². The fourth-order valence-corrected chi connectivity index (χ4v) is 4.85. The third-order valence-electron chi connectivity index (χ3n) is 6.83. The smallest absolute Gasteiger partial charge is 0.369 e. The molecule has 0 aliphatic carbocycles. The monoisotopic (exact) mass is 531 g/mol. The number of hydrogen-bond donors (Lipinski definition) is 1. The molecule has 0 radical (unpaired) electrons. The molecule has 1 aromatic heterocycles. The lowest BCUT2D eigenvalue weighted by Crippen LogP contribution is -2.49. The molecule has 1 N–H and O–H groups in total. The standard InChI is InChI=1S/C25H24F3N5O5/c1-30-20-14-16(15-2-5-17(6-3-15)31-12-10-29-11-13-31)4-7-18(20)32(24(30)37)19-8-9-21(34)33(22(19)35)38-23(36)25(26,27)28/h2-7,14,19,29H,8-13H2,1H3. The third-order valence-corrected chi connectivity index (χ3v) is 6.83. The van der Waals surface area contributed by atoms with Crippen molar-refractivity contribution in [2.24, 2.45) is 7.05 Å². The number of nitrogens with zero attached hydrogens (tertiary/aromatic N) is 4. The molecular weight excluding hydrogens is 507 g/mol. The number of carbonyl (C=O) groups is 3. The van der Waals surface area contributed by atoms with Crippen LogP contribution in [0.2, 0.25) is 0 Å². The lowest BCUT2D eigenvalue weighted by atomic mass is 10.0. The van der Waals surface area contributed by atoms with E-state index >= 15 is 0 Å². The van der Waals surface area contributed by atoms with Crippen LogP contribution in [0.3, 0.4) is 0 Å². The number of fused-ring (bicyclic) bond motifs is 1. The summed E-state index contributed by atoms with van der Waals surface area (Å²) in [5.74, 6) is -5.01. The van der Waals surface area contributed by atoms with Crippen LogP contribution in [0.5, 0.6) is 0 Å². The molecular formula is C25H24F3N5O5. The van der Waals surface area contributed by atoms with Gasteiger partial charge in [0.2, 0.25) is 0 Å². The number of piperidine rings is 1. The Balaban J connectivity index is 1.45. The summed E-state index contributed by atoms with van der Waals surface area (Å²) in [4.78, 5) is 55.8. The predicted molar refractivity (Wildman–Crippen MR) is 130 cm³/mol. The minimum Gasteiger partial charge on any atom is -0.369 e. The van der Waals surface area contributed by atoms with Gasteiger partial charge >= 0.3 is 17.8 Å². The maximum Gasteiger partial charge on any atom is 0.493 e. The SMILES string of the molecule is Cn1c(=O)n(C2CCC(=O)N(OC(=O)C(F)(F)F)C2=O)c2ccc(-c3ccc(N4CCNCC4)cc3)cc21. The first-order chi connectivity index (χ1) is 18.1. The molecule has 1 unspecified atom stereocenters. The summed E-state index contributed by atoms with van der Waals surface area (Å²) < 4.78 is 40.4. The number of imidazole rings is 1. The number of anilines is 1. The number of benzene rings is 2. The fraction of sp³-hybridized carbons (Fsp3) is 0.360. The Labute approximate surface area is 214 Å². The lowest BCUT2D eigenvalue weighted by molar-refractivity contribution is -0.238. The Morgan fingerprint density at radius 1 is 0.974 bits per heavy atom. The van der Waals surface area contributed by atoms with E-state index in [4.69, 9.17) is 0 Å². The van der Waals surface area contributed by atoms with Gasteiger partial charge in [-0.05, 0) is 41.8 Å². The average Bonchev–Trinajstić information content (AvgIpc) is 3.15. The number of amides is 2. The van der Waals surface area contributed by atoms with Crippen LogP contribution in [0.15, 0.2) is 47.3 Å². The maximum atomic E-state index is 13.1. The molecule has 5 rings (SSSR count). The minimum atomic E-state index is -5.40. The number of hydrogen-bond acceptors (Lipinski definition) is 7. The Hall–Kier alpha value is -4.13. The fourth-order valence-electron chi connectivity index (χ4n) is 4.85. The summed E-state index contributed by atoms with van der Waals surface area (Å²) in [6.45, 7) is 3.67. The van der Waals surface area contributed by atoms with Crippen LogP contribution in [0.25, 0.3) is 22.2 Å². The highest BCUT2D eigenvalue weighted by molar-refractivity contribution is 6.00. The molecule has 2 aliphatic rings. The number of piperazine rings is 1. The largest absolute Gasteiger partial charge is 0.493 e. The number of aromatic nitrogens is 2. The number of halogens is 3. The molecule has 2 aromatic carbocycles. The highest BCUT2D eigenvalue weighted by Gasteiger charge is 2.47. The van der Waals surface area contributed by atoms with Crippen molar-refractivity contribution < 1.29 is 32.4 Å². The molecule has 10 nitrogen and oxygen atoms in total. The van der Waals surface area contributed by atoms with Crippen molar-refractivity contribution >= 4 is 34.5 Å². The van der Waals surface area contributed by atoms with E-state index in [-0.39, 0.29) is 17.9 Å². The number of imide groups is 1. The number of nitrogens with one attached hydrogen (secondary N) is 1. The molecule has 38 heavy (non-hydrogen) atoms. The highest BCUT2D eigenvalue weighted by atomic mass is 19.4. The molecule has 0 bridgehead atoms. The van der Waals surface area contributed by atoms with Crippen molar-refractivity contribution in [3.05, 3.63) is 52.9 Å². The highest BCUT2D eigenvalue weighted by Crippen LogP contribution is 2.31. The van der Waals surface area contributed by atoms with Gasteiger partial charge in [0, 0.05) is 45.3 Å². The molecule has 0 saturated carbocycles. The molecule has 1 atom stereocenters. The minimum absolute atomic E-state index is 0.133. The van der Waals surface area contributed by atoms with Gasteiger partial charge in [-0.15, -0.1) is 5.06 Å². The van der Waals surface area contributed by atoms with Crippen LogP contribution in [0.1, 0.15) is 18.9 Å². The molecule has 2 aliphatic heterocycles. The Morgan fingerprint density at radius 2 is 1.63 bits per heavy atom. The maximum absolute atomic E-state index is 13.1. The Kier molecular flexibility index (Phi) is 6.47. The zero-order valence-electron chi connectivity index (χ0n) is 20.3. The van der Waals surface area contributed by atoms with Gasteiger partial charge in [0.05, 0.1) is 11.0 Å². The van der Waals surface area contributed by atoms with E-state index in [1.165, 1.54) is 11.6 Å². The van der Waals surface area contributed by atoms with Crippen molar-refractivity contribution in [2.45, 2.75) is 25.1 Å². The molecule has 13 heteroatoms. The van der Waals surface area contributed by atoms with Crippen LogP contribution < -0.4 is 15.9 Å². The number of hydroxylamine groups is 2. The predicted octanol–water partition coefficient (Wildman–Crippen LogP) is 2.13. The van der Waals surface area contributed by atoms with Gasteiger partial charge < -0.3 is 15.1 Å². The van der Waals surface area contributed by atoms with Crippen molar-refractivity contribution in [3.63, 3.8) is 0 Å². The summed E-state index contributed by atoms with van der Waals surface area (Å²) in [6, 6.07) is 11.9. The first-order valence-corrected chi connectivity index (χ1v) is 12.0. The van der Waals surface area contributed by atoms with E-state index in [9.17, 15) is 32.3 Å². The van der Waals surface area contributed by atoms with Gasteiger partial charge in [0.15, 0.2) is 0 Å². The van der Waals surface area contributed by atoms with E-state index in [1.807, 2.05) is 24.3 Å². The van der Waals surface area contributed by atoms with E-state index < -0.39 is 35.7 Å². The van der Waals surface area contributed by atoms with Crippen LogP contribution in [-0.4, -0.2) is 64.3 Å². The molecule has 2 saturated heterocycles. The van der Waals surface area contributed by atoms with E-state index in [2.05, 4.69) is 15.1 Å². The van der Waals surface area contributed by atoms with E-state index in [0.717, 1.165) is 47.6 Å². The molecule has 0 spiro atoms. The quantitative estimate of drug-likeness (QED) is 0.515. The van der Waals surface area contributed by atoms with E-state index in [1.54, 1.807) is 18.2 Å². The number of carbonyl (C=O) groups excluding carboxylic acids is 3. The van der Waals surface area contributed by atoms with E-state index in [0.29, 0.717) is 11.0 Å². The van der Waals surface area contributed by atoms with Crippen molar-refractivity contribution in [1.29, 1.82) is 0 Å². The first kappa shape index (κ1) is 25.5. The van der Waals surface area contributed by atoms with Crippen LogP contribution in [-0.2, 0) is 26.3 Å². The third kappa shape index (κ3) is 4.53. The number of rotatable bonds is 4. The summed E-state index contributed by atoms with van der Waals surface area (Å²) in [7, 11) is 1.51. The van der Waals surface area contributed by atoms with Crippen molar-refractivity contribution in [3.8, 4) is 11.1 Å². The number of aryl methyl sites for hydroxylation is 1. The molecule has 2 fully saturated rings. The lowest BCUT2D eigenvalue weighted by Gasteiger charge is -2.29. The van der Waals surface area contributed by atoms with Gasteiger partial charge in [0.25, 0.3) is 11.8 Å². The summed E-state index contributed by atoms with van der Waals surface area (Å²) >= 11 is 0. The Morgan fingerprint density at radius 3 is 2.29 bits per heavy atom. The summed E-state index contributed by atoms with van der Waals surface area (Å²) in [5, 5.41) is 3.13. The van der Waals surface area contributed by atoms with Crippen molar-refractivity contribution in [2.75, 3.05) is 31.1 Å². The van der Waals surface area contributed by atoms with Gasteiger partial charge in [0.1, 0.15) is 6.04 Å². The zero-order valence-corrected chi connectivity index (χ0v) is 20.3. The summed E-state index contributed by atoms with van der Waals surface area (Å²) in [6.07, 6.45) is -5.92. The van der Waals surface area contributed by atoms with Crippen LogP contribution >= 0.6 is 0 Å². The second kappa shape index (κ2) is 9.63. The second-order valence-electron chi connectivity index (χ2n) is 9.16. The number of alkyl halides is 3. The first-order valence-electron chi connectivity index (χ1n) is 12.0. The normalized spacial score (nSPS) is 18.8. The van der Waals surface area contributed by atoms with Crippen LogP contribution in [0.4, 0.5) is 18.9 Å². The Bertz CT molecular complexity index is 1470. The van der Waals surface area contributed by atoms with Crippen molar-refractivity contribution in [1.82, 2.24) is 19.5 Å². The van der Waals surface area contributed by atoms with Crippen LogP contribution in [0, 0.1) is 0 Å². The summed E-state index contributed by atoms with van der Waals surface area (Å²) in [5.41, 5.74) is 3.09. The zero-order chi connectivity index (χ0) is 27.2. The molecule has 2 amide bonds. The van der Waals surface area contributed by atoms with Gasteiger partial charge in [-0.3, -0.25) is 18.7 Å². The molecule has 3 aromatic rings. The second-order valence-corrected chi connectivity index (χ2v) is 9.16. The average molecular weight is 531 g/mol. The molecule has 3 heterocycles. The molecule has 200 valence electrons. The van der Waals surface area contributed by atoms with Gasteiger partial charge in [-0.2, -0.15) is 13.2 Å². The van der Waals surface area contributed by atoms with Gasteiger partial charge in [-0.25, -0.2) is 9.59 Å². The van der Waals surface area contributed by atoms with Gasteiger partial charge in [-0.1, -0.05) is 18.2 Å².